The molecule has 4 rings (SSSR count). The summed E-state index contributed by atoms with van der Waals surface area (Å²) in [6, 6.07) is 18.3. The molecule has 0 spiro atoms. The summed E-state index contributed by atoms with van der Waals surface area (Å²) in [5.41, 5.74) is 3.16. The molecule has 0 radical (unpaired) electrons. The summed E-state index contributed by atoms with van der Waals surface area (Å²) in [5, 5.41) is 9.39. The Kier molecular flexibility index (Phi) is 6.23. The van der Waals surface area contributed by atoms with Crippen LogP contribution in [-0.2, 0) is 24.2 Å². The number of nitrogens with zero attached hydrogens (tertiary/aromatic N) is 2. The Bertz CT molecular complexity index is 1090. The first-order valence-corrected chi connectivity index (χ1v) is 10.9. The van der Waals surface area contributed by atoms with Gasteiger partial charge in [0.2, 0.25) is 5.91 Å². The quantitative estimate of drug-likeness (QED) is 0.571. The van der Waals surface area contributed by atoms with Crippen molar-refractivity contribution < 1.29 is 19.1 Å². The predicted octanol–water partition coefficient (Wildman–Crippen LogP) is 4.91. The molecule has 158 valence electrons. The maximum atomic E-state index is 13.2. The van der Waals surface area contributed by atoms with Gasteiger partial charge in [0.25, 0.3) is 0 Å². The number of hydrogen-bond acceptors (Lipinski definition) is 5. The van der Waals surface area contributed by atoms with Crippen LogP contribution in [-0.4, -0.2) is 32.3 Å². The summed E-state index contributed by atoms with van der Waals surface area (Å²) in [7, 11) is 0. The first-order chi connectivity index (χ1) is 15.0. The molecule has 7 heteroatoms. The van der Waals surface area contributed by atoms with E-state index in [0.717, 1.165) is 12.0 Å². The van der Waals surface area contributed by atoms with E-state index in [-0.39, 0.29) is 16.7 Å². The lowest BCUT2D eigenvalue weighted by Gasteiger charge is -2.15. The number of amidine groups is 1. The van der Waals surface area contributed by atoms with Gasteiger partial charge in [0, 0.05) is 0 Å². The van der Waals surface area contributed by atoms with Gasteiger partial charge >= 0.3 is 5.97 Å². The van der Waals surface area contributed by atoms with E-state index in [1.165, 1.54) is 29.5 Å². The average Bonchev–Trinajstić information content (AvgIpc) is 3.39. The molecule has 1 N–H and O–H groups in total. The number of aromatic carboxylic acids is 1. The summed E-state index contributed by atoms with van der Waals surface area (Å²) in [5.74, 6) is -0.323. The number of rotatable bonds is 7. The van der Waals surface area contributed by atoms with E-state index in [9.17, 15) is 9.59 Å². The minimum atomic E-state index is -0.988. The predicted molar refractivity (Wildman–Crippen MR) is 121 cm³/mol. The van der Waals surface area contributed by atoms with E-state index in [2.05, 4.69) is 36.2 Å². The van der Waals surface area contributed by atoms with Crippen LogP contribution in [0.4, 0.5) is 5.69 Å². The van der Waals surface area contributed by atoms with E-state index < -0.39 is 5.97 Å². The van der Waals surface area contributed by atoms with E-state index in [1.54, 1.807) is 29.4 Å². The Labute approximate surface area is 184 Å². The summed E-state index contributed by atoms with van der Waals surface area (Å²) >= 11 is 1.43. The molecule has 1 aliphatic rings. The van der Waals surface area contributed by atoms with Gasteiger partial charge < -0.3 is 9.52 Å². The number of amides is 1. The molecule has 31 heavy (non-hydrogen) atoms. The van der Waals surface area contributed by atoms with Gasteiger partial charge in [-0.15, -0.1) is 0 Å². The molecule has 1 atom stereocenters. The zero-order chi connectivity index (χ0) is 21.8. The highest BCUT2D eigenvalue weighted by molar-refractivity contribution is 8.15. The van der Waals surface area contributed by atoms with Crippen LogP contribution >= 0.6 is 11.8 Å². The lowest BCUT2D eigenvalue weighted by Crippen LogP contribution is -2.32. The molecule has 3 aromatic rings. The highest BCUT2D eigenvalue weighted by Gasteiger charge is 2.38. The van der Waals surface area contributed by atoms with Crippen molar-refractivity contribution in [1.29, 1.82) is 0 Å². The lowest BCUT2D eigenvalue weighted by molar-refractivity contribution is -0.126. The van der Waals surface area contributed by atoms with Gasteiger partial charge in [0.1, 0.15) is 5.76 Å². The first-order valence-electron chi connectivity index (χ1n) is 10.0. The Balaban J connectivity index is 1.59. The second kappa shape index (κ2) is 9.22. The van der Waals surface area contributed by atoms with Crippen molar-refractivity contribution in [2.24, 2.45) is 4.99 Å². The van der Waals surface area contributed by atoms with Crippen molar-refractivity contribution in [2.75, 3.05) is 0 Å². The minimum absolute atomic E-state index is 0.0122. The van der Waals surface area contributed by atoms with Crippen LogP contribution in [0, 0.1) is 0 Å². The van der Waals surface area contributed by atoms with Crippen LogP contribution < -0.4 is 0 Å². The van der Waals surface area contributed by atoms with Gasteiger partial charge in [0.05, 0.1) is 29.3 Å². The number of carboxylic acids is 1. The van der Waals surface area contributed by atoms with E-state index in [0.29, 0.717) is 29.6 Å². The smallest absolute Gasteiger partial charge is 0.335 e. The van der Waals surface area contributed by atoms with E-state index in [1.807, 2.05) is 6.07 Å². The third-order valence-electron chi connectivity index (χ3n) is 5.11. The first kappa shape index (κ1) is 20.9. The molecule has 0 aliphatic carbocycles. The molecule has 1 fully saturated rings. The fourth-order valence-corrected chi connectivity index (χ4v) is 4.54. The molecule has 1 saturated heterocycles. The number of aryl methyl sites for hydroxylation is 1. The maximum Gasteiger partial charge on any atom is 0.335 e. The Morgan fingerprint density at radius 2 is 1.81 bits per heavy atom. The normalized spacial score (nSPS) is 17.5. The summed E-state index contributed by atoms with van der Waals surface area (Å²) in [6.45, 7) is 2.42. The van der Waals surface area contributed by atoms with Crippen molar-refractivity contribution in [3.8, 4) is 0 Å². The molecular weight excluding hydrogens is 412 g/mol. The number of benzene rings is 2. The zero-order valence-electron chi connectivity index (χ0n) is 17.0. The second-order valence-electron chi connectivity index (χ2n) is 7.23. The van der Waals surface area contributed by atoms with Gasteiger partial charge in [-0.3, -0.25) is 9.69 Å². The topological polar surface area (TPSA) is 83.1 Å². The number of furan rings is 1. The monoisotopic (exact) mass is 434 g/mol. The SMILES string of the molecule is CCc1ccc(CC2SC(=Nc3ccc(C(=O)O)cc3)N(Cc3ccco3)C2=O)cc1. The van der Waals surface area contributed by atoms with E-state index >= 15 is 0 Å². The second-order valence-corrected chi connectivity index (χ2v) is 8.40. The minimum Gasteiger partial charge on any atom is -0.478 e. The van der Waals surface area contributed by atoms with E-state index in [4.69, 9.17) is 9.52 Å². The Hall–Kier alpha value is -3.32. The summed E-state index contributed by atoms with van der Waals surface area (Å²) in [6.07, 6.45) is 3.17. The largest absolute Gasteiger partial charge is 0.478 e. The van der Waals surface area contributed by atoms with Crippen LogP contribution in [0.25, 0.3) is 0 Å². The van der Waals surface area contributed by atoms with Crippen LogP contribution in [0.1, 0.15) is 34.2 Å². The Morgan fingerprint density at radius 1 is 1.10 bits per heavy atom. The van der Waals surface area contributed by atoms with Crippen molar-refractivity contribution >= 4 is 34.5 Å². The molecule has 2 heterocycles. The van der Waals surface area contributed by atoms with Gasteiger partial charge in [-0.05, 0) is 60.4 Å². The molecule has 6 nitrogen and oxygen atoms in total. The van der Waals surface area contributed by atoms with Crippen molar-refractivity contribution in [2.45, 2.75) is 31.6 Å². The zero-order valence-corrected chi connectivity index (χ0v) is 17.8. The Morgan fingerprint density at radius 3 is 2.42 bits per heavy atom. The fraction of sp³-hybridized carbons (Fsp3) is 0.208. The van der Waals surface area contributed by atoms with Crippen LogP contribution in [0.2, 0.25) is 0 Å². The molecule has 1 amide bonds. The van der Waals surface area contributed by atoms with Gasteiger partial charge in [0.15, 0.2) is 5.17 Å². The average molecular weight is 435 g/mol. The number of carbonyl (C=O) groups excluding carboxylic acids is 1. The molecule has 2 aromatic carbocycles. The van der Waals surface area contributed by atoms with Crippen molar-refractivity contribution in [1.82, 2.24) is 4.90 Å². The fourth-order valence-electron chi connectivity index (χ4n) is 3.34. The van der Waals surface area contributed by atoms with Gasteiger partial charge in [-0.1, -0.05) is 43.0 Å². The number of carboxylic acid groups (broad SMARTS) is 1. The standard InChI is InChI=1S/C24H22N2O4S/c1-2-16-5-7-17(8-6-16)14-21-22(27)26(15-20-4-3-13-30-20)24(31-21)25-19-11-9-18(10-12-19)23(28)29/h3-13,21H,2,14-15H2,1H3,(H,28,29). The van der Waals surface area contributed by atoms with Crippen LogP contribution in [0.15, 0.2) is 76.3 Å². The third kappa shape index (κ3) is 4.88. The maximum absolute atomic E-state index is 13.2. The molecule has 1 aliphatic heterocycles. The highest BCUT2D eigenvalue weighted by atomic mass is 32.2. The van der Waals surface area contributed by atoms with Crippen LogP contribution in [0.3, 0.4) is 0 Å². The number of aliphatic imine (C=N–C) groups is 1. The third-order valence-corrected chi connectivity index (χ3v) is 6.28. The summed E-state index contributed by atoms with van der Waals surface area (Å²) < 4.78 is 5.44. The number of thioether (sulfide) groups is 1. The van der Waals surface area contributed by atoms with Gasteiger partial charge in [-0.2, -0.15) is 0 Å². The van der Waals surface area contributed by atoms with Crippen LogP contribution in [0.5, 0.6) is 0 Å². The number of carbonyl (C=O) groups is 2. The molecular formula is C24H22N2O4S. The summed E-state index contributed by atoms with van der Waals surface area (Å²) in [4.78, 5) is 30.6. The molecule has 1 aromatic heterocycles. The number of hydrogen-bond donors (Lipinski definition) is 1. The van der Waals surface area contributed by atoms with Gasteiger partial charge in [-0.25, -0.2) is 9.79 Å². The molecule has 1 unspecified atom stereocenters. The molecule has 0 bridgehead atoms. The molecule has 0 saturated carbocycles. The highest BCUT2D eigenvalue weighted by Crippen LogP contribution is 2.33. The van der Waals surface area contributed by atoms with Crippen molar-refractivity contribution in [3.05, 3.63) is 89.4 Å². The lowest BCUT2D eigenvalue weighted by atomic mass is 10.1. The van der Waals surface area contributed by atoms with Crippen molar-refractivity contribution in [3.63, 3.8) is 0 Å².